The van der Waals surface area contributed by atoms with Crippen LogP contribution in [0.3, 0.4) is 0 Å². The molecule has 2 heteroatoms. The van der Waals surface area contributed by atoms with Gasteiger partial charge in [0.25, 0.3) is 0 Å². The smallest absolute Gasteiger partial charge is 0.145 e. The summed E-state index contributed by atoms with van der Waals surface area (Å²) in [5.74, 6) is 0.979. The molecule has 0 unspecified atom stereocenters. The lowest BCUT2D eigenvalue weighted by atomic mass is 9.82. The summed E-state index contributed by atoms with van der Waals surface area (Å²) in [5.41, 5.74) is 7.91. The van der Waals surface area contributed by atoms with Crippen LogP contribution in [0.4, 0.5) is 0 Å². The Morgan fingerprint density at radius 1 is 0.583 bits per heavy atom. The Bertz CT molecular complexity index is 2020. The number of pyridine rings is 1. The summed E-state index contributed by atoms with van der Waals surface area (Å²) < 4.78 is 2.36. The maximum atomic E-state index is 4.92. The van der Waals surface area contributed by atoms with Crippen molar-refractivity contribution in [3.05, 3.63) is 120 Å². The van der Waals surface area contributed by atoms with Crippen LogP contribution in [0, 0.1) is 0 Å². The summed E-state index contributed by atoms with van der Waals surface area (Å²) in [6, 6.07) is 37.7. The van der Waals surface area contributed by atoms with E-state index in [1.807, 2.05) is 6.20 Å². The lowest BCUT2D eigenvalue weighted by Crippen LogP contribution is -2.14. The van der Waals surface area contributed by atoms with E-state index in [0.717, 1.165) is 11.2 Å². The highest BCUT2D eigenvalue weighted by atomic mass is 15.1. The fourth-order valence-corrected chi connectivity index (χ4v) is 6.50. The number of rotatable bonds is 1. The fourth-order valence-electron chi connectivity index (χ4n) is 6.50. The molecule has 0 N–H and O–H groups in total. The van der Waals surface area contributed by atoms with Gasteiger partial charge in [-0.25, -0.2) is 4.98 Å². The third-order valence-corrected chi connectivity index (χ3v) is 8.22. The molecule has 170 valence electrons. The summed E-state index contributed by atoms with van der Waals surface area (Å²) in [4.78, 5) is 4.92. The standard InChI is InChI=1S/C34H24N2/c1-34(2)28-13-7-5-12-25(28)32-26-20-31-27(19-22(26)15-16-29(32)34)24-11-6-8-14-30(24)36(31)33-23-10-4-3-9-21(23)17-18-35-33/h3-20H,1-2H3. The van der Waals surface area contributed by atoms with Gasteiger partial charge in [-0.1, -0.05) is 92.7 Å². The van der Waals surface area contributed by atoms with Gasteiger partial charge in [-0.15, -0.1) is 0 Å². The highest BCUT2D eigenvalue weighted by molar-refractivity contribution is 6.16. The first-order chi connectivity index (χ1) is 17.6. The monoisotopic (exact) mass is 460 g/mol. The molecule has 2 heterocycles. The van der Waals surface area contributed by atoms with Crippen LogP contribution < -0.4 is 0 Å². The van der Waals surface area contributed by atoms with E-state index >= 15 is 0 Å². The average Bonchev–Trinajstić information content (AvgIpc) is 3.36. The summed E-state index contributed by atoms with van der Waals surface area (Å²) in [7, 11) is 0. The van der Waals surface area contributed by atoms with Gasteiger partial charge >= 0.3 is 0 Å². The third kappa shape index (κ3) is 2.43. The maximum Gasteiger partial charge on any atom is 0.145 e. The van der Waals surface area contributed by atoms with E-state index in [1.54, 1.807) is 0 Å². The molecular formula is C34H24N2. The molecule has 8 rings (SSSR count). The number of para-hydroxylation sites is 1. The molecule has 0 atom stereocenters. The summed E-state index contributed by atoms with van der Waals surface area (Å²) in [5, 5.41) is 7.46. The van der Waals surface area contributed by atoms with Crippen molar-refractivity contribution in [2.75, 3.05) is 0 Å². The van der Waals surface area contributed by atoms with Crippen LogP contribution in [0.25, 0.3) is 60.3 Å². The SMILES string of the molecule is CC1(C)c2ccccc2-c2c1ccc1cc3c4ccccc4n(-c4nccc5ccccc45)c3cc21. The van der Waals surface area contributed by atoms with Gasteiger partial charge in [0, 0.05) is 27.8 Å². The Balaban J connectivity index is 1.57. The van der Waals surface area contributed by atoms with Gasteiger partial charge in [0.2, 0.25) is 0 Å². The topological polar surface area (TPSA) is 17.8 Å². The van der Waals surface area contributed by atoms with E-state index < -0.39 is 0 Å². The van der Waals surface area contributed by atoms with Crippen molar-refractivity contribution in [3.8, 4) is 16.9 Å². The van der Waals surface area contributed by atoms with Crippen LogP contribution in [0.2, 0.25) is 0 Å². The van der Waals surface area contributed by atoms with Crippen LogP contribution >= 0.6 is 0 Å². The van der Waals surface area contributed by atoms with Gasteiger partial charge in [-0.3, -0.25) is 4.57 Å². The number of nitrogens with zero attached hydrogens (tertiary/aromatic N) is 2. The number of benzene rings is 5. The predicted octanol–water partition coefficient (Wildman–Crippen LogP) is 8.79. The third-order valence-electron chi connectivity index (χ3n) is 8.22. The minimum atomic E-state index is -0.0149. The van der Waals surface area contributed by atoms with Crippen molar-refractivity contribution in [3.63, 3.8) is 0 Å². The first kappa shape index (κ1) is 19.8. The molecule has 0 radical (unpaired) electrons. The second-order valence-electron chi connectivity index (χ2n) is 10.5. The summed E-state index contributed by atoms with van der Waals surface area (Å²) in [6.45, 7) is 4.69. The summed E-state index contributed by atoms with van der Waals surface area (Å²) >= 11 is 0. The second-order valence-corrected chi connectivity index (χ2v) is 10.5. The molecule has 0 spiro atoms. The zero-order chi connectivity index (χ0) is 24.0. The van der Waals surface area contributed by atoms with Crippen molar-refractivity contribution in [2.24, 2.45) is 0 Å². The van der Waals surface area contributed by atoms with E-state index in [2.05, 4.69) is 122 Å². The lowest BCUT2D eigenvalue weighted by Gasteiger charge is -2.21. The Morgan fingerprint density at radius 2 is 1.36 bits per heavy atom. The first-order valence-electron chi connectivity index (χ1n) is 12.6. The maximum absolute atomic E-state index is 4.92. The largest absolute Gasteiger partial charge is 0.293 e. The lowest BCUT2D eigenvalue weighted by molar-refractivity contribution is 0.661. The van der Waals surface area contributed by atoms with Crippen LogP contribution in [0.5, 0.6) is 0 Å². The first-order valence-corrected chi connectivity index (χ1v) is 12.6. The number of hydrogen-bond donors (Lipinski definition) is 0. The molecule has 0 aliphatic heterocycles. The zero-order valence-corrected chi connectivity index (χ0v) is 20.3. The molecule has 5 aromatic carbocycles. The van der Waals surface area contributed by atoms with E-state index in [0.29, 0.717) is 0 Å². The number of aromatic nitrogens is 2. The van der Waals surface area contributed by atoms with Crippen molar-refractivity contribution >= 4 is 43.4 Å². The van der Waals surface area contributed by atoms with Gasteiger partial charge in [-0.05, 0) is 62.7 Å². The Hall–Kier alpha value is -4.43. The quantitative estimate of drug-likeness (QED) is 0.239. The second kappa shape index (κ2) is 6.83. The zero-order valence-electron chi connectivity index (χ0n) is 20.3. The number of fused-ring (bicyclic) bond motifs is 9. The van der Waals surface area contributed by atoms with E-state index in [-0.39, 0.29) is 5.41 Å². The molecule has 7 aromatic rings. The van der Waals surface area contributed by atoms with Crippen LogP contribution in [0.15, 0.2) is 109 Å². The van der Waals surface area contributed by atoms with Crippen molar-refractivity contribution in [1.82, 2.24) is 9.55 Å². The van der Waals surface area contributed by atoms with Crippen molar-refractivity contribution in [2.45, 2.75) is 19.3 Å². The molecule has 0 saturated carbocycles. The van der Waals surface area contributed by atoms with Crippen molar-refractivity contribution in [1.29, 1.82) is 0 Å². The highest BCUT2D eigenvalue weighted by Crippen LogP contribution is 2.51. The predicted molar refractivity (Wildman–Crippen MR) is 151 cm³/mol. The molecule has 1 aliphatic rings. The molecule has 0 fully saturated rings. The number of hydrogen-bond acceptors (Lipinski definition) is 1. The average molecular weight is 461 g/mol. The van der Waals surface area contributed by atoms with Crippen LogP contribution in [0.1, 0.15) is 25.0 Å². The Labute approximate surface area is 209 Å². The van der Waals surface area contributed by atoms with Crippen LogP contribution in [-0.4, -0.2) is 9.55 Å². The Kier molecular flexibility index (Phi) is 3.76. The van der Waals surface area contributed by atoms with Crippen molar-refractivity contribution < 1.29 is 0 Å². The normalized spacial score (nSPS) is 14.1. The molecular weight excluding hydrogens is 436 g/mol. The molecule has 0 bridgehead atoms. The van der Waals surface area contributed by atoms with E-state index in [1.165, 1.54) is 60.2 Å². The molecule has 2 aromatic heterocycles. The fraction of sp³-hybridized carbons (Fsp3) is 0.0882. The van der Waals surface area contributed by atoms with Gasteiger partial charge in [0.1, 0.15) is 5.82 Å². The van der Waals surface area contributed by atoms with E-state index in [4.69, 9.17) is 4.98 Å². The molecule has 2 nitrogen and oxygen atoms in total. The van der Waals surface area contributed by atoms with Gasteiger partial charge in [0.05, 0.1) is 11.0 Å². The van der Waals surface area contributed by atoms with Gasteiger partial charge in [-0.2, -0.15) is 0 Å². The molecule has 0 saturated heterocycles. The van der Waals surface area contributed by atoms with E-state index in [9.17, 15) is 0 Å². The molecule has 0 amide bonds. The van der Waals surface area contributed by atoms with Gasteiger partial charge in [0.15, 0.2) is 0 Å². The Morgan fingerprint density at radius 3 is 2.28 bits per heavy atom. The van der Waals surface area contributed by atoms with Crippen LogP contribution in [-0.2, 0) is 5.41 Å². The highest BCUT2D eigenvalue weighted by Gasteiger charge is 2.36. The molecule has 36 heavy (non-hydrogen) atoms. The molecule has 1 aliphatic carbocycles. The van der Waals surface area contributed by atoms with Gasteiger partial charge < -0.3 is 0 Å². The summed E-state index contributed by atoms with van der Waals surface area (Å²) in [6.07, 6.45) is 1.93. The minimum Gasteiger partial charge on any atom is -0.293 e. The minimum absolute atomic E-state index is 0.0149.